The van der Waals surface area contributed by atoms with Crippen LogP contribution in [-0.4, -0.2) is 38.8 Å². The third-order valence-electron chi connectivity index (χ3n) is 1.81. The summed E-state index contributed by atoms with van der Waals surface area (Å²) in [4.78, 5) is 10.4. The predicted octanol–water partition coefficient (Wildman–Crippen LogP) is -0.198. The molecule has 0 aromatic rings. The highest BCUT2D eigenvalue weighted by Gasteiger charge is 2.36. The number of carboxylic acid groups (broad SMARTS) is 1. The van der Waals surface area contributed by atoms with E-state index < -0.39 is 12.0 Å². The molecule has 0 aromatic heterocycles. The molecule has 1 rings (SSSR count). The maximum atomic E-state index is 10.7. The molecule has 2 N–H and O–H groups in total. The Morgan fingerprint density at radius 3 is 2.92 bits per heavy atom. The molecule has 1 saturated heterocycles. The van der Waals surface area contributed by atoms with Crippen LogP contribution in [0, 0.1) is 5.21 Å². The van der Waals surface area contributed by atoms with Crippen LogP contribution in [0.2, 0.25) is 0 Å². The maximum absolute atomic E-state index is 10.7. The molecule has 1 aliphatic rings. The van der Waals surface area contributed by atoms with Gasteiger partial charge in [0.2, 0.25) is 5.28 Å². The largest absolute Gasteiger partial charge is 0.569 e. The van der Waals surface area contributed by atoms with Gasteiger partial charge in [-0.1, -0.05) is 0 Å². The molecule has 0 aromatic carbocycles. The smallest absolute Gasteiger partial charge is 0.332 e. The van der Waals surface area contributed by atoms with Crippen molar-refractivity contribution in [2.75, 3.05) is 6.54 Å². The minimum absolute atomic E-state index is 0.0915. The highest BCUT2D eigenvalue weighted by Crippen LogP contribution is 2.16. The Morgan fingerprint density at radius 2 is 2.42 bits per heavy atom. The number of rotatable bonds is 2. The second-order valence-electron chi connectivity index (χ2n) is 2.50. The van der Waals surface area contributed by atoms with Crippen LogP contribution in [0.15, 0.2) is 5.28 Å². The average Bonchev–Trinajstić information content (AvgIpc) is 2.50. The van der Waals surface area contributed by atoms with Crippen LogP contribution >= 0.6 is 0 Å². The number of nitrogens with zero attached hydrogens (tertiary/aromatic N) is 3. The number of hydrogen-bond acceptors (Lipinski definition) is 3. The monoisotopic (exact) mass is 175 g/mol. The van der Waals surface area contributed by atoms with E-state index in [0.717, 1.165) is 5.01 Å². The zero-order valence-corrected chi connectivity index (χ0v) is 6.25. The molecule has 0 spiro atoms. The van der Waals surface area contributed by atoms with Crippen molar-refractivity contribution in [2.24, 2.45) is 5.28 Å². The van der Waals surface area contributed by atoms with Gasteiger partial charge < -0.3 is 15.5 Å². The van der Waals surface area contributed by atoms with E-state index in [1.807, 2.05) is 0 Å². The minimum Gasteiger partial charge on any atom is -0.569 e. The van der Waals surface area contributed by atoms with Gasteiger partial charge in [-0.15, -0.1) is 5.01 Å². The molecule has 12 heavy (non-hydrogen) atoms. The van der Waals surface area contributed by atoms with Crippen LogP contribution in [0.4, 0.5) is 0 Å². The van der Waals surface area contributed by atoms with Gasteiger partial charge in [0.15, 0.2) is 6.04 Å². The first-order valence-corrected chi connectivity index (χ1v) is 3.48. The summed E-state index contributed by atoms with van der Waals surface area (Å²) in [6.45, 7) is 0.310. The van der Waals surface area contributed by atoms with Gasteiger partial charge in [0.05, 0.1) is 11.5 Å². The number of carboxylic acids is 1. The first-order valence-electron chi connectivity index (χ1n) is 3.48. The van der Waals surface area contributed by atoms with E-state index in [-0.39, 0.29) is 4.97 Å². The molecule has 0 bridgehead atoms. The van der Waals surface area contributed by atoms with Gasteiger partial charge in [0.25, 0.3) is 0 Å². The summed E-state index contributed by atoms with van der Waals surface area (Å²) in [5, 5.41) is 30.7. The molecule has 7 nitrogen and oxygen atoms in total. The Bertz CT molecular complexity index is 217. The first kappa shape index (κ1) is 8.57. The Balaban J connectivity index is 2.70. The third-order valence-corrected chi connectivity index (χ3v) is 1.81. The van der Waals surface area contributed by atoms with Crippen LogP contribution < -0.4 is 0 Å². The molecule has 7 heteroatoms. The molecule has 1 atom stereocenters. The third kappa shape index (κ3) is 1.39. The first-order chi connectivity index (χ1) is 5.66. The second-order valence-corrected chi connectivity index (χ2v) is 2.50. The fourth-order valence-corrected chi connectivity index (χ4v) is 1.26. The SMILES string of the molecule is O=C(O)C1CCCN1/[N+]([O-])=N/O. The van der Waals surface area contributed by atoms with Crippen molar-refractivity contribution < 1.29 is 20.1 Å². The summed E-state index contributed by atoms with van der Waals surface area (Å²) in [5.41, 5.74) is 0. The zero-order chi connectivity index (χ0) is 9.14. The molecule has 1 heterocycles. The Morgan fingerprint density at radius 1 is 1.75 bits per heavy atom. The van der Waals surface area contributed by atoms with Crippen molar-refractivity contribution in [2.45, 2.75) is 18.9 Å². The molecule has 0 saturated carbocycles. The van der Waals surface area contributed by atoms with Crippen molar-refractivity contribution in [3.05, 3.63) is 5.21 Å². The molecular formula is C5H9N3O4. The van der Waals surface area contributed by atoms with Crippen LogP contribution in [0.5, 0.6) is 0 Å². The molecule has 1 fully saturated rings. The minimum atomic E-state index is -1.07. The lowest BCUT2D eigenvalue weighted by molar-refractivity contribution is -0.710. The summed E-state index contributed by atoms with van der Waals surface area (Å²) in [6.07, 6.45) is 1.02. The van der Waals surface area contributed by atoms with Crippen molar-refractivity contribution in [3.63, 3.8) is 0 Å². The molecule has 0 aliphatic carbocycles. The second kappa shape index (κ2) is 3.24. The van der Waals surface area contributed by atoms with E-state index in [1.165, 1.54) is 0 Å². The lowest BCUT2D eigenvalue weighted by Crippen LogP contribution is -2.40. The highest BCUT2D eigenvalue weighted by molar-refractivity contribution is 5.73. The molecule has 68 valence electrons. The van der Waals surface area contributed by atoms with E-state index >= 15 is 0 Å². The lowest BCUT2D eigenvalue weighted by Gasteiger charge is -2.15. The van der Waals surface area contributed by atoms with Gasteiger partial charge in [-0.25, -0.2) is 4.79 Å². The molecule has 1 unspecified atom stereocenters. The van der Waals surface area contributed by atoms with Gasteiger partial charge in [-0.3, -0.25) is 0 Å². The van der Waals surface area contributed by atoms with Gasteiger partial charge in [-0.2, -0.15) is 0 Å². The van der Waals surface area contributed by atoms with Crippen molar-refractivity contribution in [1.29, 1.82) is 0 Å². The van der Waals surface area contributed by atoms with Gasteiger partial charge >= 0.3 is 5.97 Å². The van der Waals surface area contributed by atoms with Crippen LogP contribution in [0.25, 0.3) is 0 Å². The van der Waals surface area contributed by atoms with E-state index in [2.05, 4.69) is 5.28 Å². The summed E-state index contributed by atoms with van der Waals surface area (Å²) in [5.74, 6) is -1.07. The van der Waals surface area contributed by atoms with Crippen molar-refractivity contribution >= 4 is 5.97 Å². The maximum Gasteiger partial charge on any atom is 0.332 e. The van der Waals surface area contributed by atoms with Crippen molar-refractivity contribution in [3.8, 4) is 0 Å². The van der Waals surface area contributed by atoms with E-state index in [1.54, 1.807) is 0 Å². The van der Waals surface area contributed by atoms with E-state index in [0.29, 0.717) is 19.4 Å². The quantitative estimate of drug-likeness (QED) is 0.344. The number of aliphatic carboxylic acids is 1. The molecule has 0 radical (unpaired) electrons. The number of carbonyl (C=O) groups is 1. The fourth-order valence-electron chi connectivity index (χ4n) is 1.26. The normalized spacial score (nSPS) is 24.5. The summed E-state index contributed by atoms with van der Waals surface area (Å²) >= 11 is 0. The van der Waals surface area contributed by atoms with Crippen LogP contribution in [0.1, 0.15) is 12.8 Å². The van der Waals surface area contributed by atoms with E-state index in [4.69, 9.17) is 10.3 Å². The summed E-state index contributed by atoms with van der Waals surface area (Å²) in [6, 6.07) is -0.863. The van der Waals surface area contributed by atoms with Gasteiger partial charge in [0.1, 0.15) is 0 Å². The van der Waals surface area contributed by atoms with Gasteiger partial charge in [0, 0.05) is 0 Å². The Labute approximate surface area is 68.0 Å². The summed E-state index contributed by atoms with van der Waals surface area (Å²) < 4.78 is 0. The molecule has 0 amide bonds. The van der Waals surface area contributed by atoms with E-state index in [9.17, 15) is 10.0 Å². The predicted molar refractivity (Wildman–Crippen MR) is 35.2 cm³/mol. The van der Waals surface area contributed by atoms with Crippen molar-refractivity contribution in [1.82, 2.24) is 5.01 Å². The topological polar surface area (TPSA) is 99.2 Å². The standard InChI is InChI=1S/C5H9N3O4/c9-5(10)4-2-1-3-7(4)8(12)6-11/h4,11H,1-3H2,(H,9,10)/b8-6-. The Kier molecular flexibility index (Phi) is 2.32. The fraction of sp³-hybridized carbons (Fsp3) is 0.800. The number of hydrazine groups is 1. The van der Waals surface area contributed by atoms with Crippen LogP contribution in [-0.2, 0) is 4.79 Å². The Hall–Kier alpha value is -1.53. The van der Waals surface area contributed by atoms with Gasteiger partial charge in [-0.05, 0) is 12.8 Å². The average molecular weight is 175 g/mol. The lowest BCUT2D eigenvalue weighted by atomic mass is 10.2. The summed E-state index contributed by atoms with van der Waals surface area (Å²) in [7, 11) is 0. The molecular weight excluding hydrogens is 166 g/mol. The molecule has 1 aliphatic heterocycles. The van der Waals surface area contributed by atoms with Crippen LogP contribution in [0.3, 0.4) is 0 Å². The highest BCUT2D eigenvalue weighted by atomic mass is 16.6. The number of hydrogen-bond donors (Lipinski definition) is 2. The zero-order valence-electron chi connectivity index (χ0n) is 6.25.